The van der Waals surface area contributed by atoms with Crippen molar-refractivity contribution >= 4 is 0 Å². The first kappa shape index (κ1) is 12.2. The van der Waals surface area contributed by atoms with Gasteiger partial charge in [0.05, 0.1) is 6.10 Å². The average Bonchev–Trinajstić information content (AvgIpc) is 2.27. The fourth-order valence-corrected chi connectivity index (χ4v) is 1.84. The maximum atomic E-state index is 5.75. The number of benzene rings is 1. The summed E-state index contributed by atoms with van der Waals surface area (Å²) in [5.41, 5.74) is 8.22. The van der Waals surface area contributed by atoms with Crippen molar-refractivity contribution in [2.75, 3.05) is 7.11 Å². The van der Waals surface area contributed by atoms with E-state index >= 15 is 0 Å². The maximum absolute atomic E-state index is 5.75. The predicted octanol–water partition coefficient (Wildman–Crippen LogP) is 2.46. The minimum Gasteiger partial charge on any atom is -0.381 e. The fourth-order valence-electron chi connectivity index (χ4n) is 1.84. The molecule has 1 rings (SSSR count). The summed E-state index contributed by atoms with van der Waals surface area (Å²) in [6, 6.07) is 8.30. The van der Waals surface area contributed by atoms with Gasteiger partial charge in [-0.25, -0.2) is 0 Å². The first-order valence-corrected chi connectivity index (χ1v) is 5.35. The molecule has 1 aromatic carbocycles. The van der Waals surface area contributed by atoms with E-state index in [1.54, 1.807) is 7.11 Å². The molecule has 1 aromatic rings. The molecule has 0 spiro atoms. The number of methoxy groups -OCH3 is 1. The van der Waals surface area contributed by atoms with E-state index in [9.17, 15) is 0 Å². The molecule has 15 heavy (non-hydrogen) atoms. The molecule has 0 aromatic heterocycles. The molecule has 1 atom stereocenters. The fraction of sp³-hybridized carbons (Fsp3) is 0.538. The Balaban J connectivity index is 3.13. The van der Waals surface area contributed by atoms with Gasteiger partial charge in [-0.05, 0) is 18.1 Å². The predicted molar refractivity (Wildman–Crippen MR) is 63.8 cm³/mol. The Bertz CT molecular complexity index is 320. The molecular formula is C13H21NO. The molecule has 0 fully saturated rings. The SMILES string of the molecule is COC(C)C(C)(C)c1ccccc1CN. The Morgan fingerprint density at radius 2 is 1.93 bits per heavy atom. The van der Waals surface area contributed by atoms with E-state index in [1.165, 1.54) is 11.1 Å². The summed E-state index contributed by atoms with van der Waals surface area (Å²) in [6.07, 6.45) is 0.171. The maximum Gasteiger partial charge on any atom is 0.0634 e. The first-order valence-electron chi connectivity index (χ1n) is 5.35. The first-order chi connectivity index (χ1) is 7.04. The van der Waals surface area contributed by atoms with E-state index in [0.29, 0.717) is 6.54 Å². The molecule has 2 N–H and O–H groups in total. The highest BCUT2D eigenvalue weighted by molar-refractivity contribution is 5.34. The lowest BCUT2D eigenvalue weighted by Gasteiger charge is -2.33. The van der Waals surface area contributed by atoms with Gasteiger partial charge in [-0.15, -0.1) is 0 Å². The molecule has 2 nitrogen and oxygen atoms in total. The van der Waals surface area contributed by atoms with Crippen molar-refractivity contribution in [3.63, 3.8) is 0 Å². The summed E-state index contributed by atoms with van der Waals surface area (Å²) >= 11 is 0. The van der Waals surface area contributed by atoms with Gasteiger partial charge >= 0.3 is 0 Å². The molecular weight excluding hydrogens is 186 g/mol. The van der Waals surface area contributed by atoms with Crippen molar-refractivity contribution in [2.45, 2.75) is 38.8 Å². The summed E-state index contributed by atoms with van der Waals surface area (Å²) in [5.74, 6) is 0. The molecule has 0 saturated carbocycles. The van der Waals surface area contributed by atoms with Crippen LogP contribution in [-0.4, -0.2) is 13.2 Å². The van der Waals surface area contributed by atoms with Crippen LogP contribution >= 0.6 is 0 Å². The van der Waals surface area contributed by atoms with Crippen LogP contribution in [0.25, 0.3) is 0 Å². The molecule has 0 aliphatic rings. The minimum atomic E-state index is -0.00921. The quantitative estimate of drug-likeness (QED) is 0.823. The molecule has 0 aliphatic carbocycles. The van der Waals surface area contributed by atoms with Gasteiger partial charge in [0.2, 0.25) is 0 Å². The smallest absolute Gasteiger partial charge is 0.0634 e. The van der Waals surface area contributed by atoms with Crippen LogP contribution in [0.2, 0.25) is 0 Å². The van der Waals surface area contributed by atoms with E-state index in [2.05, 4.69) is 39.0 Å². The second-order valence-electron chi connectivity index (χ2n) is 4.46. The van der Waals surface area contributed by atoms with E-state index in [-0.39, 0.29) is 11.5 Å². The van der Waals surface area contributed by atoms with Crippen LogP contribution in [0.4, 0.5) is 0 Å². The molecule has 2 heteroatoms. The topological polar surface area (TPSA) is 35.2 Å². The Morgan fingerprint density at radius 1 is 1.33 bits per heavy atom. The second-order valence-corrected chi connectivity index (χ2v) is 4.46. The number of hydrogen-bond acceptors (Lipinski definition) is 2. The molecule has 0 radical (unpaired) electrons. The summed E-state index contributed by atoms with van der Waals surface area (Å²) in [7, 11) is 1.75. The van der Waals surface area contributed by atoms with Crippen molar-refractivity contribution in [1.82, 2.24) is 0 Å². The van der Waals surface area contributed by atoms with Crippen LogP contribution in [0, 0.1) is 0 Å². The monoisotopic (exact) mass is 207 g/mol. The van der Waals surface area contributed by atoms with Gasteiger partial charge in [0.15, 0.2) is 0 Å². The summed E-state index contributed by atoms with van der Waals surface area (Å²) in [6.45, 7) is 7.05. The number of ether oxygens (including phenoxy) is 1. The van der Waals surface area contributed by atoms with Gasteiger partial charge < -0.3 is 10.5 Å². The molecule has 1 unspecified atom stereocenters. The molecule has 0 saturated heterocycles. The highest BCUT2D eigenvalue weighted by atomic mass is 16.5. The van der Waals surface area contributed by atoms with Crippen LogP contribution in [0.3, 0.4) is 0 Å². The minimum absolute atomic E-state index is 0.00921. The Morgan fingerprint density at radius 3 is 2.47 bits per heavy atom. The lowest BCUT2D eigenvalue weighted by molar-refractivity contribution is 0.0604. The van der Waals surface area contributed by atoms with Crippen molar-refractivity contribution in [3.8, 4) is 0 Å². The van der Waals surface area contributed by atoms with Crippen molar-refractivity contribution in [1.29, 1.82) is 0 Å². The third-order valence-electron chi connectivity index (χ3n) is 3.30. The summed E-state index contributed by atoms with van der Waals surface area (Å²) in [4.78, 5) is 0. The zero-order chi connectivity index (χ0) is 11.5. The largest absolute Gasteiger partial charge is 0.381 e. The Kier molecular flexibility index (Phi) is 3.89. The van der Waals surface area contributed by atoms with Gasteiger partial charge in [0.25, 0.3) is 0 Å². The normalized spacial score (nSPS) is 13.9. The van der Waals surface area contributed by atoms with Gasteiger partial charge in [-0.2, -0.15) is 0 Å². The van der Waals surface area contributed by atoms with Crippen LogP contribution in [0.15, 0.2) is 24.3 Å². The zero-order valence-electron chi connectivity index (χ0n) is 10.1. The second kappa shape index (κ2) is 4.77. The van der Waals surface area contributed by atoms with Crippen molar-refractivity contribution < 1.29 is 4.74 Å². The molecule has 0 bridgehead atoms. The highest BCUT2D eigenvalue weighted by Gasteiger charge is 2.29. The molecule has 0 amide bonds. The van der Waals surface area contributed by atoms with Gasteiger partial charge in [0, 0.05) is 19.1 Å². The zero-order valence-corrected chi connectivity index (χ0v) is 10.1. The highest BCUT2D eigenvalue weighted by Crippen LogP contribution is 2.31. The standard InChI is InChI=1S/C13H21NO/c1-10(15-4)13(2,3)12-8-6-5-7-11(12)9-14/h5-8,10H,9,14H2,1-4H3. The van der Waals surface area contributed by atoms with Crippen LogP contribution in [0.1, 0.15) is 31.9 Å². The Hall–Kier alpha value is -0.860. The van der Waals surface area contributed by atoms with E-state index in [4.69, 9.17) is 10.5 Å². The summed E-state index contributed by atoms with van der Waals surface area (Å²) < 4.78 is 5.43. The Labute approximate surface area is 92.4 Å². The number of rotatable bonds is 4. The van der Waals surface area contributed by atoms with E-state index in [0.717, 1.165) is 0 Å². The van der Waals surface area contributed by atoms with Crippen LogP contribution in [0.5, 0.6) is 0 Å². The van der Waals surface area contributed by atoms with Gasteiger partial charge in [-0.1, -0.05) is 38.1 Å². The molecule has 84 valence electrons. The lowest BCUT2D eigenvalue weighted by atomic mass is 9.77. The third-order valence-corrected chi connectivity index (χ3v) is 3.30. The third kappa shape index (κ3) is 2.39. The van der Waals surface area contributed by atoms with E-state index < -0.39 is 0 Å². The van der Waals surface area contributed by atoms with Crippen LogP contribution in [-0.2, 0) is 16.7 Å². The molecule has 0 heterocycles. The van der Waals surface area contributed by atoms with Gasteiger partial charge in [-0.3, -0.25) is 0 Å². The van der Waals surface area contributed by atoms with Crippen molar-refractivity contribution in [2.24, 2.45) is 5.73 Å². The van der Waals surface area contributed by atoms with Crippen molar-refractivity contribution in [3.05, 3.63) is 35.4 Å². The number of hydrogen-bond donors (Lipinski definition) is 1. The lowest BCUT2D eigenvalue weighted by Crippen LogP contribution is -2.34. The summed E-state index contributed by atoms with van der Waals surface area (Å²) in [5, 5.41) is 0. The number of nitrogens with two attached hydrogens (primary N) is 1. The average molecular weight is 207 g/mol. The van der Waals surface area contributed by atoms with E-state index in [1.807, 2.05) is 6.07 Å². The molecule has 0 aliphatic heterocycles. The van der Waals surface area contributed by atoms with Crippen LogP contribution < -0.4 is 5.73 Å². The van der Waals surface area contributed by atoms with Gasteiger partial charge in [0.1, 0.15) is 0 Å².